The summed E-state index contributed by atoms with van der Waals surface area (Å²) in [6.45, 7) is 1.99. The molecule has 0 unspecified atom stereocenters. The van der Waals surface area contributed by atoms with Gasteiger partial charge in [-0.25, -0.2) is 8.42 Å². The number of nitrogens with zero attached hydrogens (tertiary/aromatic N) is 2. The predicted octanol–water partition coefficient (Wildman–Crippen LogP) is 3.73. The van der Waals surface area contributed by atoms with Crippen molar-refractivity contribution in [2.24, 2.45) is 5.92 Å². The standard InChI is InChI=1S/C25H32N2O5S/c1-31-23-16-20(17-24(18-23)32-2)5-4-19-10-13-26(14-11-19)25(28)21-6-8-22(9-7-21)27-12-3-15-33(27,29)30/h6-9,16-19H,3-5,10-15H2,1-2H3. The molecule has 4 rings (SSSR count). The van der Waals surface area contributed by atoms with Crippen LogP contribution in [0.1, 0.15) is 41.6 Å². The molecular formula is C25H32N2O5S. The van der Waals surface area contributed by atoms with Gasteiger partial charge in [-0.3, -0.25) is 9.10 Å². The number of carbonyl (C=O) groups excluding carboxylic acids is 1. The van der Waals surface area contributed by atoms with Gasteiger partial charge in [0.2, 0.25) is 10.0 Å². The first-order valence-corrected chi connectivity index (χ1v) is 13.1. The largest absolute Gasteiger partial charge is 0.497 e. The zero-order valence-electron chi connectivity index (χ0n) is 19.3. The molecule has 2 aromatic carbocycles. The van der Waals surface area contributed by atoms with E-state index in [1.807, 2.05) is 11.0 Å². The molecular weight excluding hydrogens is 440 g/mol. The summed E-state index contributed by atoms with van der Waals surface area (Å²) in [4.78, 5) is 14.9. The van der Waals surface area contributed by atoms with Gasteiger partial charge in [-0.15, -0.1) is 0 Å². The smallest absolute Gasteiger partial charge is 0.253 e. The van der Waals surface area contributed by atoms with Crippen molar-refractivity contribution in [1.82, 2.24) is 4.90 Å². The maximum atomic E-state index is 13.0. The van der Waals surface area contributed by atoms with E-state index in [1.54, 1.807) is 38.5 Å². The Labute approximate surface area is 196 Å². The van der Waals surface area contributed by atoms with Crippen LogP contribution >= 0.6 is 0 Å². The van der Waals surface area contributed by atoms with Crippen LogP contribution in [0, 0.1) is 5.92 Å². The number of carbonyl (C=O) groups is 1. The first kappa shape index (κ1) is 23.4. The average Bonchev–Trinajstić information content (AvgIpc) is 3.21. The quantitative estimate of drug-likeness (QED) is 0.614. The van der Waals surface area contributed by atoms with Gasteiger partial charge in [0, 0.05) is 31.3 Å². The van der Waals surface area contributed by atoms with E-state index in [-0.39, 0.29) is 11.7 Å². The van der Waals surface area contributed by atoms with Crippen LogP contribution in [0.25, 0.3) is 0 Å². The molecule has 0 bridgehead atoms. The second kappa shape index (κ2) is 10.0. The molecule has 0 aromatic heterocycles. The van der Waals surface area contributed by atoms with Gasteiger partial charge >= 0.3 is 0 Å². The summed E-state index contributed by atoms with van der Waals surface area (Å²) < 4.78 is 36.4. The van der Waals surface area contributed by atoms with E-state index >= 15 is 0 Å². The molecule has 0 radical (unpaired) electrons. The second-order valence-electron chi connectivity index (χ2n) is 8.78. The van der Waals surface area contributed by atoms with Crippen molar-refractivity contribution in [3.63, 3.8) is 0 Å². The van der Waals surface area contributed by atoms with Crippen LogP contribution in [0.3, 0.4) is 0 Å². The third-order valence-corrected chi connectivity index (χ3v) is 8.53. The highest BCUT2D eigenvalue weighted by Crippen LogP contribution is 2.28. The number of likely N-dealkylation sites (tertiary alicyclic amines) is 1. The van der Waals surface area contributed by atoms with Crippen molar-refractivity contribution in [1.29, 1.82) is 0 Å². The van der Waals surface area contributed by atoms with Crippen molar-refractivity contribution in [2.75, 3.05) is 43.9 Å². The molecule has 1 amide bonds. The lowest BCUT2D eigenvalue weighted by Gasteiger charge is -2.32. The molecule has 2 heterocycles. The van der Waals surface area contributed by atoms with E-state index in [2.05, 4.69) is 12.1 Å². The lowest BCUT2D eigenvalue weighted by molar-refractivity contribution is 0.0687. The molecule has 2 fully saturated rings. The topological polar surface area (TPSA) is 76.2 Å². The van der Waals surface area contributed by atoms with Crippen LogP contribution in [0.2, 0.25) is 0 Å². The van der Waals surface area contributed by atoms with Crippen LogP contribution in [0.4, 0.5) is 5.69 Å². The first-order valence-electron chi connectivity index (χ1n) is 11.5. The van der Waals surface area contributed by atoms with E-state index in [0.717, 1.165) is 50.3 Å². The molecule has 7 nitrogen and oxygen atoms in total. The van der Waals surface area contributed by atoms with Crippen LogP contribution in [0.15, 0.2) is 42.5 Å². The molecule has 33 heavy (non-hydrogen) atoms. The summed E-state index contributed by atoms with van der Waals surface area (Å²) in [6.07, 6.45) is 4.63. The van der Waals surface area contributed by atoms with Crippen molar-refractivity contribution in [3.8, 4) is 11.5 Å². The second-order valence-corrected chi connectivity index (χ2v) is 10.8. The average molecular weight is 473 g/mol. The summed E-state index contributed by atoms with van der Waals surface area (Å²) in [5.74, 6) is 2.39. The van der Waals surface area contributed by atoms with E-state index in [1.165, 1.54) is 9.87 Å². The van der Waals surface area contributed by atoms with Gasteiger partial charge in [0.1, 0.15) is 11.5 Å². The highest BCUT2D eigenvalue weighted by atomic mass is 32.2. The Morgan fingerprint density at radius 2 is 1.61 bits per heavy atom. The highest BCUT2D eigenvalue weighted by molar-refractivity contribution is 7.93. The summed E-state index contributed by atoms with van der Waals surface area (Å²) in [5.41, 5.74) is 2.44. The molecule has 2 aromatic rings. The molecule has 0 saturated carbocycles. The highest BCUT2D eigenvalue weighted by Gasteiger charge is 2.29. The minimum atomic E-state index is -3.21. The Kier molecular flexibility index (Phi) is 7.12. The summed E-state index contributed by atoms with van der Waals surface area (Å²) in [5, 5.41) is 0. The van der Waals surface area contributed by atoms with E-state index < -0.39 is 10.0 Å². The Morgan fingerprint density at radius 3 is 2.15 bits per heavy atom. The Hall–Kier alpha value is -2.74. The molecule has 0 atom stereocenters. The third kappa shape index (κ3) is 5.43. The third-order valence-electron chi connectivity index (χ3n) is 6.66. The minimum absolute atomic E-state index is 0.0156. The molecule has 2 aliphatic heterocycles. The van der Waals surface area contributed by atoms with Crippen molar-refractivity contribution >= 4 is 21.6 Å². The Morgan fingerprint density at radius 1 is 0.970 bits per heavy atom. The maximum Gasteiger partial charge on any atom is 0.253 e. The zero-order valence-corrected chi connectivity index (χ0v) is 20.1. The molecule has 2 aliphatic rings. The number of hydrogen-bond donors (Lipinski definition) is 0. The van der Waals surface area contributed by atoms with Crippen molar-refractivity contribution < 1.29 is 22.7 Å². The number of aryl methyl sites for hydroxylation is 1. The van der Waals surface area contributed by atoms with Crippen LogP contribution < -0.4 is 13.8 Å². The Bertz CT molecular complexity index is 1050. The fourth-order valence-corrected chi connectivity index (χ4v) is 6.25. The summed E-state index contributed by atoms with van der Waals surface area (Å²) in [6, 6.07) is 13.0. The van der Waals surface area contributed by atoms with Crippen molar-refractivity contribution in [3.05, 3.63) is 53.6 Å². The van der Waals surface area contributed by atoms with E-state index in [4.69, 9.17) is 9.47 Å². The number of sulfonamides is 1. The lowest BCUT2D eigenvalue weighted by Crippen LogP contribution is -2.38. The van der Waals surface area contributed by atoms with Gasteiger partial charge in [-0.1, -0.05) is 0 Å². The minimum Gasteiger partial charge on any atom is -0.497 e. The number of benzene rings is 2. The number of rotatable bonds is 7. The van der Waals surface area contributed by atoms with Gasteiger partial charge < -0.3 is 14.4 Å². The van der Waals surface area contributed by atoms with E-state index in [9.17, 15) is 13.2 Å². The normalized spacial score (nSPS) is 18.4. The molecule has 2 saturated heterocycles. The molecule has 0 N–H and O–H groups in total. The molecule has 178 valence electrons. The lowest BCUT2D eigenvalue weighted by atomic mass is 9.90. The fraction of sp³-hybridized carbons (Fsp3) is 0.480. The molecule has 0 spiro atoms. The van der Waals surface area contributed by atoms with Gasteiger partial charge in [-0.05, 0) is 80.0 Å². The summed E-state index contributed by atoms with van der Waals surface area (Å²) >= 11 is 0. The van der Waals surface area contributed by atoms with Gasteiger partial charge in [-0.2, -0.15) is 0 Å². The van der Waals surface area contributed by atoms with Crippen LogP contribution in [0.5, 0.6) is 11.5 Å². The van der Waals surface area contributed by atoms with Gasteiger partial charge in [0.25, 0.3) is 5.91 Å². The molecule has 8 heteroatoms. The predicted molar refractivity (Wildman–Crippen MR) is 129 cm³/mol. The zero-order chi connectivity index (χ0) is 23.4. The fourth-order valence-electron chi connectivity index (χ4n) is 4.69. The summed E-state index contributed by atoms with van der Waals surface area (Å²) in [7, 11) is 0.110. The number of hydrogen-bond acceptors (Lipinski definition) is 5. The Balaban J connectivity index is 1.29. The van der Waals surface area contributed by atoms with E-state index in [0.29, 0.717) is 30.1 Å². The number of methoxy groups -OCH3 is 2. The van der Waals surface area contributed by atoms with Crippen molar-refractivity contribution in [2.45, 2.75) is 32.1 Å². The van der Waals surface area contributed by atoms with Gasteiger partial charge in [0.05, 0.1) is 25.7 Å². The SMILES string of the molecule is COc1cc(CCC2CCN(C(=O)c3ccc(N4CCCS4(=O)=O)cc3)CC2)cc(OC)c1. The number of ether oxygens (including phenoxy) is 2. The number of anilines is 1. The monoisotopic (exact) mass is 472 g/mol. The molecule has 0 aliphatic carbocycles. The van der Waals surface area contributed by atoms with Crippen LogP contribution in [-0.2, 0) is 16.4 Å². The number of piperidine rings is 1. The first-order chi connectivity index (χ1) is 15.9. The van der Waals surface area contributed by atoms with Crippen LogP contribution in [-0.4, -0.2) is 58.8 Å². The van der Waals surface area contributed by atoms with Gasteiger partial charge in [0.15, 0.2) is 0 Å². The maximum absolute atomic E-state index is 13.0. The number of amides is 1.